The average Bonchev–Trinajstić information content (AvgIpc) is 2.48. The van der Waals surface area contributed by atoms with Crippen LogP contribution in [0.5, 0.6) is 0 Å². The molecule has 0 fully saturated rings. The molecule has 1 aromatic carbocycles. The highest BCUT2D eigenvalue weighted by atomic mass is 35.5. The number of carboxylic acid groups (broad SMARTS) is 1. The van der Waals surface area contributed by atoms with E-state index in [0.717, 1.165) is 22.2 Å². The van der Waals surface area contributed by atoms with Gasteiger partial charge < -0.3 is 10.8 Å². The van der Waals surface area contributed by atoms with Crippen LogP contribution in [0, 0.1) is 6.92 Å². The number of hydrogen-bond donors (Lipinski definition) is 2. The van der Waals surface area contributed by atoms with Gasteiger partial charge in [0.1, 0.15) is 6.04 Å². The summed E-state index contributed by atoms with van der Waals surface area (Å²) in [4.78, 5) is 15.2. The van der Waals surface area contributed by atoms with E-state index in [-0.39, 0.29) is 0 Å². The minimum Gasteiger partial charge on any atom is -0.480 e. The molecule has 0 saturated carbocycles. The highest BCUT2D eigenvalue weighted by Gasteiger charge is 2.12. The number of pyridine rings is 1. The first kappa shape index (κ1) is 16.1. The molecule has 3 N–H and O–H groups in total. The van der Waals surface area contributed by atoms with Crippen LogP contribution in [0.2, 0.25) is 5.02 Å². The fourth-order valence-electron chi connectivity index (χ4n) is 2.02. The van der Waals surface area contributed by atoms with Gasteiger partial charge in [-0.3, -0.25) is 9.78 Å². The molecule has 112 valence electrons. The predicted molar refractivity (Wildman–Crippen MR) is 87.9 cm³/mol. The van der Waals surface area contributed by atoms with Gasteiger partial charge in [-0.2, -0.15) is 11.8 Å². The molecule has 6 heteroatoms. The molecule has 2 rings (SSSR count). The Labute approximate surface area is 132 Å². The van der Waals surface area contributed by atoms with E-state index in [9.17, 15) is 4.79 Å². The van der Waals surface area contributed by atoms with Crippen molar-refractivity contribution in [2.45, 2.75) is 25.1 Å². The molecule has 2 aromatic rings. The van der Waals surface area contributed by atoms with E-state index < -0.39 is 12.0 Å². The molecule has 0 radical (unpaired) electrons. The molecule has 1 atom stereocenters. The number of benzene rings is 1. The molecular weight excluding hydrogens is 308 g/mol. The number of aliphatic carboxylic acids is 1. The Morgan fingerprint density at radius 1 is 1.48 bits per heavy atom. The molecule has 1 unspecified atom stereocenters. The topological polar surface area (TPSA) is 76.2 Å². The molecule has 0 aliphatic carbocycles. The summed E-state index contributed by atoms with van der Waals surface area (Å²) >= 11 is 7.96. The van der Waals surface area contributed by atoms with E-state index in [1.165, 1.54) is 0 Å². The van der Waals surface area contributed by atoms with E-state index in [1.807, 2.05) is 31.2 Å². The number of aromatic nitrogens is 1. The Morgan fingerprint density at radius 3 is 2.90 bits per heavy atom. The van der Waals surface area contributed by atoms with Gasteiger partial charge in [0.25, 0.3) is 0 Å². The van der Waals surface area contributed by atoms with E-state index in [2.05, 4.69) is 4.98 Å². The van der Waals surface area contributed by atoms with Crippen LogP contribution < -0.4 is 5.73 Å². The Hall–Kier alpha value is -1.30. The van der Waals surface area contributed by atoms with Crippen LogP contribution in [0.3, 0.4) is 0 Å². The Morgan fingerprint density at radius 2 is 2.19 bits per heavy atom. The predicted octanol–water partition coefficient (Wildman–Crippen LogP) is 3.23. The summed E-state index contributed by atoms with van der Waals surface area (Å²) < 4.78 is 0. The van der Waals surface area contributed by atoms with Crippen molar-refractivity contribution in [1.82, 2.24) is 4.98 Å². The number of nitrogens with zero attached hydrogens (tertiary/aromatic N) is 1. The molecule has 0 amide bonds. The van der Waals surface area contributed by atoms with Crippen molar-refractivity contribution in [3.8, 4) is 0 Å². The molecule has 0 aliphatic rings. The van der Waals surface area contributed by atoms with Crippen molar-refractivity contribution in [3.63, 3.8) is 0 Å². The molecule has 4 nitrogen and oxygen atoms in total. The zero-order chi connectivity index (χ0) is 15.4. The highest BCUT2D eigenvalue weighted by molar-refractivity contribution is 7.98. The van der Waals surface area contributed by atoms with E-state index >= 15 is 0 Å². The number of rotatable bonds is 6. The molecule has 21 heavy (non-hydrogen) atoms. The third-order valence-electron chi connectivity index (χ3n) is 3.28. The van der Waals surface area contributed by atoms with Crippen molar-refractivity contribution in [1.29, 1.82) is 0 Å². The van der Waals surface area contributed by atoms with Crippen molar-refractivity contribution in [3.05, 3.63) is 40.5 Å². The van der Waals surface area contributed by atoms with Crippen LogP contribution in [-0.4, -0.2) is 27.9 Å². The van der Waals surface area contributed by atoms with Crippen molar-refractivity contribution >= 4 is 40.2 Å². The van der Waals surface area contributed by atoms with Crippen LogP contribution in [-0.2, 0) is 10.5 Å². The molecule has 0 saturated heterocycles. The summed E-state index contributed by atoms with van der Waals surface area (Å²) in [6, 6.07) is 7.08. The van der Waals surface area contributed by atoms with Gasteiger partial charge in [-0.25, -0.2) is 0 Å². The molecule has 0 bridgehead atoms. The number of hydrogen-bond acceptors (Lipinski definition) is 4. The van der Waals surface area contributed by atoms with Crippen molar-refractivity contribution in [2.24, 2.45) is 5.73 Å². The molecule has 1 heterocycles. The maximum atomic E-state index is 10.6. The third kappa shape index (κ3) is 3.87. The lowest BCUT2D eigenvalue weighted by Gasteiger charge is -2.10. The average molecular weight is 325 g/mol. The Balaban J connectivity index is 2.05. The first-order valence-corrected chi connectivity index (χ1v) is 8.14. The minimum atomic E-state index is -0.965. The van der Waals surface area contributed by atoms with Gasteiger partial charge >= 0.3 is 5.97 Å². The standard InChI is InChI=1S/C15H17ClN2O2S/c1-9-10-4-2-3-5-12(10)18-13(14(9)16)8-21-7-6-11(17)15(19)20/h2-5,11H,6-8,17H2,1H3,(H,19,20). The summed E-state index contributed by atoms with van der Waals surface area (Å²) in [6.45, 7) is 1.99. The second kappa shape index (κ2) is 7.11. The first-order valence-electron chi connectivity index (χ1n) is 6.60. The fraction of sp³-hybridized carbons (Fsp3) is 0.333. The number of nitrogens with two attached hydrogens (primary N) is 1. The second-order valence-electron chi connectivity index (χ2n) is 4.80. The number of carboxylic acids is 1. The van der Waals surface area contributed by atoms with Gasteiger partial charge in [0, 0.05) is 11.1 Å². The summed E-state index contributed by atoms with van der Waals surface area (Å²) in [5.41, 5.74) is 8.26. The van der Waals surface area contributed by atoms with Gasteiger partial charge in [-0.15, -0.1) is 0 Å². The first-order chi connectivity index (χ1) is 10.0. The molecule has 0 spiro atoms. The number of halogens is 1. The lowest BCUT2D eigenvalue weighted by molar-refractivity contribution is -0.138. The number of aryl methyl sites for hydroxylation is 1. The summed E-state index contributed by atoms with van der Waals surface area (Å²) in [5, 5.41) is 10.5. The lowest BCUT2D eigenvalue weighted by Crippen LogP contribution is -2.30. The summed E-state index contributed by atoms with van der Waals surface area (Å²) in [6.07, 6.45) is 0.435. The highest BCUT2D eigenvalue weighted by Crippen LogP contribution is 2.29. The maximum Gasteiger partial charge on any atom is 0.320 e. The lowest BCUT2D eigenvalue weighted by atomic mass is 10.1. The van der Waals surface area contributed by atoms with Crippen LogP contribution in [0.4, 0.5) is 0 Å². The van der Waals surface area contributed by atoms with Gasteiger partial charge in [0.2, 0.25) is 0 Å². The zero-order valence-electron chi connectivity index (χ0n) is 11.7. The molecule has 0 aliphatic heterocycles. The second-order valence-corrected chi connectivity index (χ2v) is 6.28. The Kier molecular flexibility index (Phi) is 5.45. The smallest absolute Gasteiger partial charge is 0.320 e. The Bertz CT molecular complexity index is 663. The van der Waals surface area contributed by atoms with Crippen molar-refractivity contribution in [2.75, 3.05) is 5.75 Å². The van der Waals surface area contributed by atoms with E-state index in [4.69, 9.17) is 22.4 Å². The van der Waals surface area contributed by atoms with Gasteiger partial charge in [0.15, 0.2) is 0 Å². The van der Waals surface area contributed by atoms with Crippen molar-refractivity contribution < 1.29 is 9.90 Å². The summed E-state index contributed by atoms with van der Waals surface area (Å²) in [5.74, 6) is 0.349. The SMILES string of the molecule is Cc1c(Cl)c(CSCCC(N)C(=O)O)nc2ccccc12. The fourth-order valence-corrected chi connectivity index (χ4v) is 3.27. The quantitative estimate of drug-likeness (QED) is 0.798. The largest absolute Gasteiger partial charge is 0.480 e. The minimum absolute atomic E-state index is 0.435. The monoisotopic (exact) mass is 324 g/mol. The van der Waals surface area contributed by atoms with Crippen LogP contribution in [0.25, 0.3) is 10.9 Å². The normalized spacial score (nSPS) is 12.5. The number of para-hydroxylation sites is 1. The van der Waals surface area contributed by atoms with Crippen LogP contribution in [0.15, 0.2) is 24.3 Å². The summed E-state index contributed by atoms with van der Waals surface area (Å²) in [7, 11) is 0. The van der Waals surface area contributed by atoms with Gasteiger partial charge in [-0.05, 0) is 30.7 Å². The molecular formula is C15H17ClN2O2S. The number of carbonyl (C=O) groups is 1. The van der Waals surface area contributed by atoms with Crippen LogP contribution in [0.1, 0.15) is 17.7 Å². The van der Waals surface area contributed by atoms with E-state index in [1.54, 1.807) is 11.8 Å². The van der Waals surface area contributed by atoms with Crippen LogP contribution >= 0.6 is 23.4 Å². The zero-order valence-corrected chi connectivity index (χ0v) is 13.2. The number of thioether (sulfide) groups is 1. The molecule has 1 aromatic heterocycles. The van der Waals surface area contributed by atoms with Gasteiger partial charge in [0.05, 0.1) is 16.2 Å². The van der Waals surface area contributed by atoms with E-state index in [0.29, 0.717) is 22.9 Å². The van der Waals surface area contributed by atoms with Gasteiger partial charge in [-0.1, -0.05) is 29.8 Å². The third-order valence-corrected chi connectivity index (χ3v) is 4.78. The maximum absolute atomic E-state index is 10.6. The number of fused-ring (bicyclic) bond motifs is 1.